The van der Waals surface area contributed by atoms with Gasteiger partial charge in [0, 0.05) is 52.9 Å². The van der Waals surface area contributed by atoms with Gasteiger partial charge in [-0.05, 0) is 74.7 Å². The molecule has 210 valence electrons. The molecular weight excluding hydrogens is 508 g/mol. The average Bonchev–Trinajstić information content (AvgIpc) is 3.27. The van der Waals surface area contributed by atoms with Gasteiger partial charge >= 0.3 is 5.97 Å². The molecule has 0 aromatic heterocycles. The van der Waals surface area contributed by atoms with E-state index in [1.807, 2.05) is 36.4 Å². The van der Waals surface area contributed by atoms with E-state index >= 15 is 0 Å². The molecule has 4 aromatic rings. The highest BCUT2D eigenvalue weighted by atomic mass is 16.6. The molecule has 5 nitrogen and oxygen atoms in total. The Balaban J connectivity index is 1.48. The smallest absolute Gasteiger partial charge is 0.340 e. The summed E-state index contributed by atoms with van der Waals surface area (Å²) in [6.07, 6.45) is 4.56. The standard InChI is InChI=1S/C36H38N2O3/c1-5-7-19-38(20-8-6-2)27-15-16-30-34(23-27)40-33-18-14-26(37-32-17-13-24(3)21-25(32)4)22-31(33)36(30)29-12-10-9-11-28(29)35(39)41-36/h9-18,21-23,37H,5-8,19-20H2,1-4H3. The Morgan fingerprint density at radius 2 is 1.56 bits per heavy atom. The Bertz CT molecular complexity index is 1600. The number of aryl methyl sites for hydroxylation is 2. The summed E-state index contributed by atoms with van der Waals surface area (Å²) in [5.74, 6) is 1.11. The van der Waals surface area contributed by atoms with E-state index in [2.05, 4.69) is 80.4 Å². The number of ether oxygens (including phenoxy) is 2. The second-order valence-corrected chi connectivity index (χ2v) is 11.2. The number of rotatable bonds is 9. The number of carbonyl (C=O) groups excluding carboxylic acids is 1. The number of benzene rings is 4. The molecule has 1 N–H and O–H groups in total. The first-order chi connectivity index (χ1) is 19.9. The Hall–Kier alpha value is -4.25. The highest BCUT2D eigenvalue weighted by Crippen LogP contribution is 2.57. The van der Waals surface area contributed by atoms with Crippen molar-refractivity contribution in [2.24, 2.45) is 0 Å². The number of nitrogens with one attached hydrogen (secondary N) is 1. The largest absolute Gasteiger partial charge is 0.456 e. The molecule has 2 heterocycles. The lowest BCUT2D eigenvalue weighted by Gasteiger charge is -2.37. The van der Waals surface area contributed by atoms with Crippen LogP contribution in [-0.2, 0) is 10.3 Å². The molecular formula is C36H38N2O3. The van der Waals surface area contributed by atoms with E-state index in [9.17, 15) is 4.79 Å². The van der Waals surface area contributed by atoms with Gasteiger partial charge in [-0.1, -0.05) is 62.6 Å². The minimum absolute atomic E-state index is 0.316. The summed E-state index contributed by atoms with van der Waals surface area (Å²) in [7, 11) is 0. The van der Waals surface area contributed by atoms with E-state index in [0.29, 0.717) is 11.3 Å². The molecule has 0 bridgehead atoms. The molecule has 0 radical (unpaired) electrons. The maximum absolute atomic E-state index is 13.3. The fraction of sp³-hybridized carbons (Fsp3) is 0.306. The number of carbonyl (C=O) groups is 1. The van der Waals surface area contributed by atoms with Crippen LogP contribution in [-0.4, -0.2) is 19.1 Å². The van der Waals surface area contributed by atoms with E-state index in [1.165, 1.54) is 11.1 Å². The zero-order valence-corrected chi connectivity index (χ0v) is 24.4. The maximum atomic E-state index is 13.3. The van der Waals surface area contributed by atoms with Crippen molar-refractivity contribution in [2.75, 3.05) is 23.3 Å². The van der Waals surface area contributed by atoms with Crippen LogP contribution < -0.4 is 15.0 Å². The van der Waals surface area contributed by atoms with Crippen LogP contribution in [0.5, 0.6) is 11.5 Å². The van der Waals surface area contributed by atoms with Crippen LogP contribution in [0, 0.1) is 13.8 Å². The van der Waals surface area contributed by atoms with Gasteiger partial charge in [0.2, 0.25) is 0 Å². The van der Waals surface area contributed by atoms with Gasteiger partial charge < -0.3 is 19.7 Å². The van der Waals surface area contributed by atoms with Gasteiger partial charge in [-0.2, -0.15) is 0 Å². The van der Waals surface area contributed by atoms with Gasteiger partial charge in [0.15, 0.2) is 5.60 Å². The third-order valence-electron chi connectivity index (χ3n) is 8.28. The van der Waals surface area contributed by atoms with Crippen molar-refractivity contribution in [3.05, 3.63) is 112 Å². The number of esters is 1. The van der Waals surface area contributed by atoms with Crippen molar-refractivity contribution < 1.29 is 14.3 Å². The molecule has 41 heavy (non-hydrogen) atoms. The lowest BCUT2D eigenvalue weighted by atomic mass is 9.77. The molecule has 0 saturated heterocycles. The SMILES string of the molecule is CCCCN(CCCC)c1ccc2c(c1)Oc1ccc(Nc3ccc(C)cc3C)cc1C21OC(=O)c2ccccc21. The molecule has 0 fully saturated rings. The van der Waals surface area contributed by atoms with Crippen molar-refractivity contribution in [3.63, 3.8) is 0 Å². The van der Waals surface area contributed by atoms with Gasteiger partial charge in [-0.3, -0.25) is 0 Å². The molecule has 1 atom stereocenters. The van der Waals surface area contributed by atoms with Crippen molar-refractivity contribution in [1.29, 1.82) is 0 Å². The van der Waals surface area contributed by atoms with Crippen LogP contribution in [0.25, 0.3) is 0 Å². The summed E-state index contributed by atoms with van der Waals surface area (Å²) in [5, 5.41) is 3.58. The summed E-state index contributed by atoms with van der Waals surface area (Å²) in [4.78, 5) is 15.8. The number of hydrogen-bond acceptors (Lipinski definition) is 5. The topological polar surface area (TPSA) is 50.8 Å². The van der Waals surface area contributed by atoms with E-state index in [-0.39, 0.29) is 5.97 Å². The fourth-order valence-electron chi connectivity index (χ4n) is 6.11. The van der Waals surface area contributed by atoms with E-state index in [4.69, 9.17) is 9.47 Å². The number of anilines is 3. The summed E-state index contributed by atoms with van der Waals surface area (Å²) in [6.45, 7) is 10.7. The van der Waals surface area contributed by atoms with Crippen LogP contribution >= 0.6 is 0 Å². The molecule has 0 saturated carbocycles. The average molecular weight is 547 g/mol. The first-order valence-electron chi connectivity index (χ1n) is 14.8. The Morgan fingerprint density at radius 3 is 2.32 bits per heavy atom. The molecule has 5 heteroatoms. The molecule has 6 rings (SSSR count). The highest BCUT2D eigenvalue weighted by Gasteiger charge is 2.53. The third kappa shape index (κ3) is 4.73. The van der Waals surface area contributed by atoms with Crippen LogP contribution in [0.3, 0.4) is 0 Å². The molecule has 4 aromatic carbocycles. The molecule has 0 aliphatic carbocycles. The third-order valence-corrected chi connectivity index (χ3v) is 8.28. The van der Waals surface area contributed by atoms with Crippen LogP contribution in [0.15, 0.2) is 78.9 Å². The molecule has 2 aliphatic rings. The van der Waals surface area contributed by atoms with Crippen molar-refractivity contribution in [2.45, 2.75) is 59.0 Å². The lowest BCUT2D eigenvalue weighted by molar-refractivity contribution is 0.0224. The molecule has 0 amide bonds. The second-order valence-electron chi connectivity index (χ2n) is 11.2. The van der Waals surface area contributed by atoms with Crippen molar-refractivity contribution in [3.8, 4) is 11.5 Å². The van der Waals surface area contributed by atoms with Crippen LogP contribution in [0.4, 0.5) is 17.1 Å². The maximum Gasteiger partial charge on any atom is 0.340 e. The van der Waals surface area contributed by atoms with Gasteiger partial charge in [0.05, 0.1) is 5.56 Å². The highest BCUT2D eigenvalue weighted by molar-refractivity contribution is 5.97. The minimum atomic E-state index is -1.09. The van der Waals surface area contributed by atoms with Crippen molar-refractivity contribution in [1.82, 2.24) is 0 Å². The molecule has 1 unspecified atom stereocenters. The first-order valence-corrected chi connectivity index (χ1v) is 14.8. The summed E-state index contributed by atoms with van der Waals surface area (Å²) >= 11 is 0. The normalized spacial score (nSPS) is 16.4. The van der Waals surface area contributed by atoms with E-state index in [1.54, 1.807) is 0 Å². The van der Waals surface area contributed by atoms with E-state index < -0.39 is 5.60 Å². The number of hydrogen-bond donors (Lipinski definition) is 1. The van der Waals surface area contributed by atoms with Gasteiger partial charge in [0.25, 0.3) is 0 Å². The number of nitrogens with zero attached hydrogens (tertiary/aromatic N) is 1. The van der Waals surface area contributed by atoms with Gasteiger partial charge in [-0.15, -0.1) is 0 Å². The first kappa shape index (κ1) is 26.9. The predicted molar refractivity (Wildman–Crippen MR) is 166 cm³/mol. The van der Waals surface area contributed by atoms with Gasteiger partial charge in [-0.25, -0.2) is 4.79 Å². The minimum Gasteiger partial charge on any atom is -0.456 e. The number of unbranched alkanes of at least 4 members (excludes halogenated alkanes) is 2. The van der Waals surface area contributed by atoms with Crippen LogP contribution in [0.2, 0.25) is 0 Å². The zero-order chi connectivity index (χ0) is 28.6. The Morgan fingerprint density at radius 1 is 0.780 bits per heavy atom. The molecule has 1 spiro atoms. The fourth-order valence-corrected chi connectivity index (χ4v) is 6.11. The quantitative estimate of drug-likeness (QED) is 0.212. The van der Waals surface area contributed by atoms with Crippen molar-refractivity contribution >= 4 is 23.0 Å². The second kappa shape index (κ2) is 11.0. The molecule has 2 aliphatic heterocycles. The zero-order valence-electron chi connectivity index (χ0n) is 24.4. The monoisotopic (exact) mass is 546 g/mol. The van der Waals surface area contributed by atoms with E-state index in [0.717, 1.165) is 78.3 Å². The lowest BCUT2D eigenvalue weighted by Crippen LogP contribution is -2.33. The Kier molecular flexibility index (Phi) is 7.21. The number of fused-ring (bicyclic) bond motifs is 6. The van der Waals surface area contributed by atoms with Crippen LogP contribution in [0.1, 0.15) is 77.7 Å². The van der Waals surface area contributed by atoms with Gasteiger partial charge in [0.1, 0.15) is 11.5 Å². The summed E-state index contributed by atoms with van der Waals surface area (Å²) < 4.78 is 13.0. The summed E-state index contributed by atoms with van der Waals surface area (Å²) in [6, 6.07) is 26.5. The predicted octanol–water partition coefficient (Wildman–Crippen LogP) is 9.02. The Labute approximate surface area is 243 Å². The summed E-state index contributed by atoms with van der Waals surface area (Å²) in [5.41, 5.74) is 7.48.